The molecule has 0 saturated carbocycles. The number of carbonyl (C=O) groups is 1. The minimum absolute atomic E-state index is 0.115. The quantitative estimate of drug-likeness (QED) is 0.552. The number of benzene rings is 2. The molecule has 0 unspecified atom stereocenters. The Morgan fingerprint density at radius 1 is 1.11 bits per heavy atom. The fourth-order valence-electron chi connectivity index (χ4n) is 2.96. The van der Waals surface area contributed by atoms with Crippen LogP contribution in [0.25, 0.3) is 22.3 Å². The minimum Gasteiger partial charge on any atom is -0.298 e. The van der Waals surface area contributed by atoms with E-state index >= 15 is 0 Å². The molecule has 0 aliphatic carbocycles. The van der Waals surface area contributed by atoms with Crippen molar-refractivity contribution < 1.29 is 4.79 Å². The Balaban J connectivity index is 1.51. The first-order valence-electron chi connectivity index (χ1n) is 8.98. The van der Waals surface area contributed by atoms with Crippen LogP contribution in [0.3, 0.4) is 0 Å². The molecule has 0 aliphatic heterocycles. The number of amides is 1. The van der Waals surface area contributed by atoms with Gasteiger partial charge in [-0.15, -0.1) is 16.4 Å². The first kappa shape index (κ1) is 18.3. The van der Waals surface area contributed by atoms with Crippen LogP contribution < -0.4 is 5.32 Å². The van der Waals surface area contributed by atoms with Crippen LogP contribution in [0.15, 0.2) is 47.8 Å². The normalized spacial score (nSPS) is 11.7. The molecule has 2 aromatic carbocycles. The summed E-state index contributed by atoms with van der Waals surface area (Å²) < 4.78 is 1.68. The second-order valence-corrected chi connectivity index (χ2v) is 8.59. The van der Waals surface area contributed by atoms with Crippen molar-refractivity contribution in [1.29, 1.82) is 0 Å². The van der Waals surface area contributed by atoms with Crippen molar-refractivity contribution in [3.05, 3.63) is 59.0 Å². The lowest BCUT2D eigenvalue weighted by atomic mass is 9.86. The van der Waals surface area contributed by atoms with E-state index in [2.05, 4.69) is 65.6 Å². The third kappa shape index (κ3) is 3.53. The van der Waals surface area contributed by atoms with Gasteiger partial charge in [-0.25, -0.2) is 9.67 Å². The number of nitrogens with one attached hydrogen (secondary N) is 1. The van der Waals surface area contributed by atoms with E-state index in [1.807, 2.05) is 18.5 Å². The van der Waals surface area contributed by atoms with E-state index in [0.717, 1.165) is 16.8 Å². The average Bonchev–Trinajstić information content (AvgIpc) is 3.28. The first-order valence-corrected chi connectivity index (χ1v) is 9.86. The van der Waals surface area contributed by atoms with E-state index in [-0.39, 0.29) is 11.3 Å². The van der Waals surface area contributed by atoms with Gasteiger partial charge >= 0.3 is 0 Å². The SMILES string of the molecule is Cn1nnc2cc(C(=O)Nc3nc(-c4ccc(C(C)(C)C)cc4)cs3)ccc21. The molecule has 1 N–H and O–H groups in total. The van der Waals surface area contributed by atoms with Gasteiger partial charge in [-0.3, -0.25) is 10.1 Å². The zero-order chi connectivity index (χ0) is 19.9. The highest BCUT2D eigenvalue weighted by Gasteiger charge is 2.15. The molecule has 2 heterocycles. The van der Waals surface area contributed by atoms with E-state index in [1.165, 1.54) is 16.9 Å². The topological polar surface area (TPSA) is 72.7 Å². The predicted molar refractivity (Wildman–Crippen MR) is 113 cm³/mol. The Morgan fingerprint density at radius 3 is 2.57 bits per heavy atom. The smallest absolute Gasteiger partial charge is 0.257 e. The zero-order valence-electron chi connectivity index (χ0n) is 16.2. The Hall–Kier alpha value is -3.06. The molecule has 0 saturated heterocycles. The van der Waals surface area contributed by atoms with E-state index in [1.54, 1.807) is 16.8 Å². The average molecular weight is 392 g/mol. The van der Waals surface area contributed by atoms with Gasteiger partial charge in [-0.05, 0) is 29.2 Å². The number of fused-ring (bicyclic) bond motifs is 1. The number of thiazole rings is 1. The van der Waals surface area contributed by atoms with Gasteiger partial charge in [-0.2, -0.15) is 0 Å². The number of hydrogen-bond acceptors (Lipinski definition) is 5. The molecule has 0 fully saturated rings. The molecule has 0 radical (unpaired) electrons. The van der Waals surface area contributed by atoms with Gasteiger partial charge < -0.3 is 0 Å². The molecule has 7 heteroatoms. The van der Waals surface area contributed by atoms with Crippen molar-refractivity contribution in [2.45, 2.75) is 26.2 Å². The van der Waals surface area contributed by atoms with E-state index in [9.17, 15) is 4.79 Å². The van der Waals surface area contributed by atoms with Crippen LogP contribution in [0.4, 0.5) is 5.13 Å². The number of aromatic nitrogens is 4. The summed E-state index contributed by atoms with van der Waals surface area (Å²) in [6.45, 7) is 6.57. The second kappa shape index (κ2) is 6.83. The summed E-state index contributed by atoms with van der Waals surface area (Å²) in [5, 5.41) is 13.4. The third-order valence-corrected chi connectivity index (χ3v) is 5.40. The van der Waals surface area contributed by atoms with Gasteiger partial charge in [0, 0.05) is 23.6 Å². The lowest BCUT2D eigenvalue weighted by Crippen LogP contribution is -2.11. The van der Waals surface area contributed by atoms with Gasteiger partial charge in [0.1, 0.15) is 5.52 Å². The highest BCUT2D eigenvalue weighted by atomic mass is 32.1. The van der Waals surface area contributed by atoms with Gasteiger partial charge in [0.05, 0.1) is 11.2 Å². The predicted octanol–water partition coefficient (Wildman–Crippen LogP) is 4.64. The fraction of sp³-hybridized carbons (Fsp3) is 0.238. The number of aryl methyl sites for hydroxylation is 1. The van der Waals surface area contributed by atoms with Crippen LogP contribution in [0.1, 0.15) is 36.7 Å². The minimum atomic E-state index is -0.212. The number of hydrogen-bond donors (Lipinski definition) is 1. The summed E-state index contributed by atoms with van der Waals surface area (Å²) in [6.07, 6.45) is 0. The van der Waals surface area contributed by atoms with Gasteiger partial charge in [0.25, 0.3) is 5.91 Å². The highest BCUT2D eigenvalue weighted by molar-refractivity contribution is 7.14. The van der Waals surface area contributed by atoms with Crippen molar-refractivity contribution in [2.24, 2.45) is 7.05 Å². The van der Waals surface area contributed by atoms with Crippen LogP contribution in [-0.4, -0.2) is 25.9 Å². The van der Waals surface area contributed by atoms with Crippen LogP contribution in [0.2, 0.25) is 0 Å². The molecule has 0 atom stereocenters. The summed E-state index contributed by atoms with van der Waals surface area (Å²) in [7, 11) is 1.82. The van der Waals surface area contributed by atoms with E-state index in [0.29, 0.717) is 16.2 Å². The molecular weight excluding hydrogens is 370 g/mol. The number of rotatable bonds is 3. The molecule has 6 nitrogen and oxygen atoms in total. The van der Waals surface area contributed by atoms with Crippen LogP contribution in [0, 0.1) is 0 Å². The molecule has 1 amide bonds. The Bertz CT molecular complexity index is 1150. The lowest BCUT2D eigenvalue weighted by Gasteiger charge is -2.18. The maximum Gasteiger partial charge on any atom is 0.257 e. The Labute approximate surface area is 167 Å². The summed E-state index contributed by atoms with van der Waals surface area (Å²) in [5.74, 6) is -0.212. The molecular formula is C21H21N5OS. The summed E-state index contributed by atoms with van der Waals surface area (Å²) in [5.41, 5.74) is 5.37. The van der Waals surface area contributed by atoms with Crippen LogP contribution >= 0.6 is 11.3 Å². The molecule has 142 valence electrons. The Kier molecular flexibility index (Phi) is 4.47. The first-order chi connectivity index (χ1) is 13.3. The Morgan fingerprint density at radius 2 is 1.86 bits per heavy atom. The molecule has 0 aliphatic rings. The van der Waals surface area contributed by atoms with Crippen LogP contribution in [-0.2, 0) is 12.5 Å². The maximum absolute atomic E-state index is 12.6. The molecule has 0 bridgehead atoms. The molecule has 2 aromatic heterocycles. The van der Waals surface area contributed by atoms with Crippen molar-refractivity contribution in [3.63, 3.8) is 0 Å². The molecule has 4 aromatic rings. The monoisotopic (exact) mass is 391 g/mol. The van der Waals surface area contributed by atoms with Crippen molar-refractivity contribution in [3.8, 4) is 11.3 Å². The summed E-state index contributed by atoms with van der Waals surface area (Å²) in [4.78, 5) is 17.1. The molecule has 28 heavy (non-hydrogen) atoms. The molecule has 0 spiro atoms. The summed E-state index contributed by atoms with van der Waals surface area (Å²) >= 11 is 1.41. The van der Waals surface area contributed by atoms with E-state index in [4.69, 9.17) is 0 Å². The highest BCUT2D eigenvalue weighted by Crippen LogP contribution is 2.28. The van der Waals surface area contributed by atoms with E-state index < -0.39 is 0 Å². The van der Waals surface area contributed by atoms with Gasteiger partial charge in [-0.1, -0.05) is 50.3 Å². The lowest BCUT2D eigenvalue weighted by molar-refractivity contribution is 0.102. The standard InChI is InChI=1S/C21H21N5OS/c1-21(2,3)15-8-5-13(6-9-15)17-12-28-20(22-17)23-19(27)14-7-10-18-16(11-14)24-25-26(18)4/h5-12H,1-4H3,(H,22,23,27). The van der Waals surface area contributed by atoms with Crippen molar-refractivity contribution in [2.75, 3.05) is 5.32 Å². The largest absolute Gasteiger partial charge is 0.298 e. The van der Waals surface area contributed by atoms with Gasteiger partial charge in [0.15, 0.2) is 5.13 Å². The van der Waals surface area contributed by atoms with Crippen molar-refractivity contribution >= 4 is 33.4 Å². The van der Waals surface area contributed by atoms with Crippen molar-refractivity contribution in [1.82, 2.24) is 20.0 Å². The van der Waals surface area contributed by atoms with Gasteiger partial charge in [0.2, 0.25) is 0 Å². The molecule has 4 rings (SSSR count). The second-order valence-electron chi connectivity index (χ2n) is 7.74. The fourth-order valence-corrected chi connectivity index (χ4v) is 3.67. The maximum atomic E-state index is 12.6. The zero-order valence-corrected chi connectivity index (χ0v) is 17.0. The number of carbonyl (C=O) groups excluding carboxylic acids is 1. The number of nitrogens with zero attached hydrogens (tertiary/aromatic N) is 4. The third-order valence-electron chi connectivity index (χ3n) is 4.64. The summed E-state index contributed by atoms with van der Waals surface area (Å²) in [6, 6.07) is 13.7. The number of anilines is 1. The van der Waals surface area contributed by atoms with Crippen LogP contribution in [0.5, 0.6) is 0 Å².